The van der Waals surface area contributed by atoms with E-state index in [1.54, 1.807) is 42.6 Å². The van der Waals surface area contributed by atoms with Gasteiger partial charge in [-0.15, -0.1) is 0 Å². The van der Waals surface area contributed by atoms with Gasteiger partial charge in [0, 0.05) is 30.7 Å². The third kappa shape index (κ3) is 4.68. The molecule has 7 heteroatoms. The van der Waals surface area contributed by atoms with Crippen molar-refractivity contribution in [2.45, 2.75) is 19.8 Å². The molecule has 0 bridgehead atoms. The van der Waals surface area contributed by atoms with Crippen LogP contribution in [0.4, 0.5) is 5.69 Å². The molecular weight excluding hydrogens is 382 g/mol. The van der Waals surface area contributed by atoms with Gasteiger partial charge in [0.05, 0.1) is 13.3 Å². The number of methoxy groups -OCH3 is 1. The molecule has 0 saturated carbocycles. The van der Waals surface area contributed by atoms with E-state index in [0.29, 0.717) is 28.8 Å². The van der Waals surface area contributed by atoms with Crippen LogP contribution in [-0.4, -0.2) is 38.3 Å². The molecule has 30 heavy (non-hydrogen) atoms. The van der Waals surface area contributed by atoms with Gasteiger partial charge in [0.1, 0.15) is 16.9 Å². The average Bonchev–Trinajstić information content (AvgIpc) is 2.73. The normalized spacial score (nSPS) is 11.1. The molecule has 0 fully saturated rings. The van der Waals surface area contributed by atoms with Crippen molar-refractivity contribution >= 4 is 28.8 Å². The van der Waals surface area contributed by atoms with Crippen LogP contribution >= 0.6 is 0 Å². The van der Waals surface area contributed by atoms with Gasteiger partial charge >= 0.3 is 5.63 Å². The highest BCUT2D eigenvalue weighted by Gasteiger charge is 2.17. The molecule has 0 unspecified atom stereocenters. The standard InChI is InChI=1S/C23H25N3O4/c1-5-6-18-20(29-4)12-9-16-13-19(23(28)30-21(16)18)22(27)25-17-10-7-15(8-11-17)14-24-26(2)3/h7-14H,5-6H2,1-4H3,(H,25,27)/b24-14+. The van der Waals surface area contributed by atoms with Gasteiger partial charge < -0.3 is 19.5 Å². The number of hydrazone groups is 1. The van der Waals surface area contributed by atoms with E-state index in [-0.39, 0.29) is 5.56 Å². The van der Waals surface area contributed by atoms with Crippen molar-refractivity contribution in [2.75, 3.05) is 26.5 Å². The predicted octanol–water partition coefficient (Wildman–Crippen LogP) is 3.90. The summed E-state index contributed by atoms with van der Waals surface area (Å²) in [6, 6.07) is 12.3. The first-order valence-corrected chi connectivity index (χ1v) is 9.69. The molecule has 3 aromatic rings. The van der Waals surface area contributed by atoms with Gasteiger partial charge in [0.25, 0.3) is 5.91 Å². The maximum atomic E-state index is 12.7. The smallest absolute Gasteiger partial charge is 0.349 e. The summed E-state index contributed by atoms with van der Waals surface area (Å²) >= 11 is 0. The van der Waals surface area contributed by atoms with Gasteiger partial charge in [-0.1, -0.05) is 25.5 Å². The summed E-state index contributed by atoms with van der Waals surface area (Å²) in [6.07, 6.45) is 3.29. The Kier molecular flexibility index (Phi) is 6.51. The maximum Gasteiger partial charge on any atom is 0.349 e. The highest BCUT2D eigenvalue weighted by Crippen LogP contribution is 2.29. The van der Waals surface area contributed by atoms with Gasteiger partial charge in [-0.2, -0.15) is 5.10 Å². The molecule has 0 aliphatic carbocycles. The summed E-state index contributed by atoms with van der Waals surface area (Å²) in [5.41, 5.74) is 2.03. The SMILES string of the molecule is CCCc1c(OC)ccc2cc(C(=O)Nc3ccc(/C=N/N(C)C)cc3)c(=O)oc12. The minimum atomic E-state index is -0.680. The van der Waals surface area contributed by atoms with Crippen LogP contribution in [0.15, 0.2) is 56.8 Å². The van der Waals surface area contributed by atoms with E-state index in [1.165, 1.54) is 0 Å². The number of carbonyl (C=O) groups is 1. The second kappa shape index (κ2) is 9.26. The van der Waals surface area contributed by atoms with Gasteiger partial charge in [-0.3, -0.25) is 4.79 Å². The molecular formula is C23H25N3O4. The molecule has 0 spiro atoms. The van der Waals surface area contributed by atoms with Crippen molar-refractivity contribution in [1.29, 1.82) is 0 Å². The molecule has 0 aliphatic heterocycles. The van der Waals surface area contributed by atoms with Crippen molar-refractivity contribution in [3.63, 3.8) is 0 Å². The van der Waals surface area contributed by atoms with Crippen LogP contribution in [0.25, 0.3) is 11.0 Å². The molecule has 7 nitrogen and oxygen atoms in total. The van der Waals surface area contributed by atoms with E-state index in [9.17, 15) is 9.59 Å². The molecule has 1 heterocycles. The van der Waals surface area contributed by atoms with E-state index in [1.807, 2.05) is 39.2 Å². The Morgan fingerprint density at radius 3 is 2.57 bits per heavy atom. The fourth-order valence-electron chi connectivity index (χ4n) is 3.09. The molecule has 1 N–H and O–H groups in total. The van der Waals surface area contributed by atoms with Gasteiger partial charge in [0.15, 0.2) is 0 Å². The molecule has 0 aliphatic rings. The van der Waals surface area contributed by atoms with Crippen molar-refractivity contribution < 1.29 is 13.9 Å². The average molecular weight is 407 g/mol. The van der Waals surface area contributed by atoms with Crippen LogP contribution in [-0.2, 0) is 6.42 Å². The highest BCUT2D eigenvalue weighted by atomic mass is 16.5. The molecule has 0 saturated heterocycles. The van der Waals surface area contributed by atoms with Crippen molar-refractivity contribution in [3.8, 4) is 5.75 Å². The van der Waals surface area contributed by atoms with Crippen molar-refractivity contribution in [2.24, 2.45) is 5.10 Å². The Morgan fingerprint density at radius 2 is 1.93 bits per heavy atom. The van der Waals surface area contributed by atoms with Crippen LogP contribution in [0.5, 0.6) is 5.75 Å². The zero-order chi connectivity index (χ0) is 21.7. The van der Waals surface area contributed by atoms with E-state index in [0.717, 1.165) is 17.5 Å². The Balaban J connectivity index is 1.88. The number of hydrogen-bond donors (Lipinski definition) is 1. The summed E-state index contributed by atoms with van der Waals surface area (Å²) in [5.74, 6) is 0.149. The topological polar surface area (TPSA) is 84.1 Å². The number of nitrogens with zero attached hydrogens (tertiary/aromatic N) is 2. The second-order valence-corrected chi connectivity index (χ2v) is 7.03. The number of ether oxygens (including phenoxy) is 1. The molecule has 0 radical (unpaired) electrons. The lowest BCUT2D eigenvalue weighted by molar-refractivity contribution is 0.102. The van der Waals surface area contributed by atoms with Gasteiger partial charge in [0.2, 0.25) is 0 Å². The van der Waals surface area contributed by atoms with Crippen molar-refractivity contribution in [1.82, 2.24) is 5.01 Å². The zero-order valence-corrected chi connectivity index (χ0v) is 17.6. The Bertz CT molecular complexity index is 1130. The number of benzene rings is 2. The first-order valence-electron chi connectivity index (χ1n) is 9.69. The Morgan fingerprint density at radius 1 is 1.20 bits per heavy atom. The number of rotatable bonds is 7. The highest BCUT2D eigenvalue weighted by molar-refractivity contribution is 6.05. The number of amides is 1. The summed E-state index contributed by atoms with van der Waals surface area (Å²) in [5, 5.41) is 9.27. The first-order chi connectivity index (χ1) is 14.4. The minimum absolute atomic E-state index is 0.0478. The molecule has 0 atom stereocenters. The van der Waals surface area contributed by atoms with Crippen LogP contribution < -0.4 is 15.7 Å². The van der Waals surface area contributed by atoms with E-state index < -0.39 is 11.5 Å². The summed E-state index contributed by atoms with van der Waals surface area (Å²) in [4.78, 5) is 25.2. The van der Waals surface area contributed by atoms with Crippen molar-refractivity contribution in [3.05, 3.63) is 69.6 Å². The fourth-order valence-corrected chi connectivity index (χ4v) is 3.09. The maximum absolute atomic E-state index is 12.7. The number of fused-ring (bicyclic) bond motifs is 1. The lowest BCUT2D eigenvalue weighted by Crippen LogP contribution is -2.20. The molecule has 1 amide bonds. The number of hydrogen-bond acceptors (Lipinski definition) is 6. The fraction of sp³-hybridized carbons (Fsp3) is 0.261. The molecule has 3 rings (SSSR count). The van der Waals surface area contributed by atoms with Crippen LogP contribution in [0, 0.1) is 0 Å². The molecule has 2 aromatic carbocycles. The number of carbonyl (C=O) groups excluding carboxylic acids is 1. The lowest BCUT2D eigenvalue weighted by atomic mass is 10.0. The van der Waals surface area contributed by atoms with Crippen LogP contribution in [0.2, 0.25) is 0 Å². The van der Waals surface area contributed by atoms with Crippen LogP contribution in [0.3, 0.4) is 0 Å². The van der Waals surface area contributed by atoms with Crippen LogP contribution in [0.1, 0.15) is 34.8 Å². The first kappa shape index (κ1) is 21.1. The third-order valence-corrected chi connectivity index (χ3v) is 4.53. The predicted molar refractivity (Wildman–Crippen MR) is 119 cm³/mol. The van der Waals surface area contributed by atoms with E-state index >= 15 is 0 Å². The summed E-state index contributed by atoms with van der Waals surface area (Å²) in [6.45, 7) is 2.04. The number of anilines is 1. The second-order valence-electron chi connectivity index (χ2n) is 7.03. The zero-order valence-electron chi connectivity index (χ0n) is 17.6. The Labute approximate surface area is 175 Å². The number of nitrogens with one attached hydrogen (secondary N) is 1. The summed E-state index contributed by atoms with van der Waals surface area (Å²) < 4.78 is 10.9. The largest absolute Gasteiger partial charge is 0.496 e. The van der Waals surface area contributed by atoms with E-state index in [4.69, 9.17) is 9.15 Å². The minimum Gasteiger partial charge on any atom is -0.496 e. The lowest BCUT2D eigenvalue weighted by Gasteiger charge is -2.11. The van der Waals surface area contributed by atoms with Gasteiger partial charge in [-0.05, 0) is 42.3 Å². The third-order valence-electron chi connectivity index (χ3n) is 4.53. The monoisotopic (exact) mass is 407 g/mol. The number of aryl methyl sites for hydroxylation is 1. The summed E-state index contributed by atoms with van der Waals surface area (Å²) in [7, 11) is 5.25. The quantitative estimate of drug-likeness (QED) is 0.365. The van der Waals surface area contributed by atoms with Gasteiger partial charge in [-0.25, -0.2) is 4.79 Å². The Hall–Kier alpha value is -3.61. The van der Waals surface area contributed by atoms with E-state index in [2.05, 4.69) is 10.4 Å². The molecule has 156 valence electrons. The molecule has 1 aromatic heterocycles.